The van der Waals surface area contributed by atoms with Crippen LogP contribution in [0.25, 0.3) is 0 Å². The Kier molecular flexibility index (Phi) is 3.06. The van der Waals surface area contributed by atoms with Crippen LogP contribution in [0, 0.1) is 5.92 Å². The van der Waals surface area contributed by atoms with E-state index < -0.39 is 12.2 Å². The van der Waals surface area contributed by atoms with Gasteiger partial charge in [0.15, 0.2) is 0 Å². The summed E-state index contributed by atoms with van der Waals surface area (Å²) in [4.78, 5) is 0. The minimum absolute atomic E-state index is 0.112. The third kappa shape index (κ3) is 2.15. The number of aliphatic hydroxyl groups excluding tert-OH is 2. The van der Waals surface area contributed by atoms with E-state index in [1.807, 2.05) is 6.92 Å². The predicted octanol–water partition coefficient (Wildman–Crippen LogP) is 1.40. The van der Waals surface area contributed by atoms with Gasteiger partial charge in [-0.15, -0.1) is 0 Å². The molecule has 1 aliphatic carbocycles. The Hall–Kier alpha value is -0.420. The number of rotatable bonds is 3. The first-order valence-corrected chi connectivity index (χ1v) is 7.20. The molecule has 3 fully saturated rings. The Morgan fingerprint density at radius 1 is 1.37 bits per heavy atom. The van der Waals surface area contributed by atoms with Gasteiger partial charge in [-0.05, 0) is 40.0 Å². The molecule has 0 bridgehead atoms. The molecule has 108 valence electrons. The van der Waals surface area contributed by atoms with Gasteiger partial charge in [0.25, 0.3) is 0 Å². The summed E-state index contributed by atoms with van der Waals surface area (Å²) in [5, 5.41) is 20.3. The van der Waals surface area contributed by atoms with Crippen molar-refractivity contribution in [1.29, 1.82) is 0 Å². The van der Waals surface area contributed by atoms with Gasteiger partial charge in [-0.2, -0.15) is 0 Å². The van der Waals surface area contributed by atoms with Gasteiger partial charge in [0.2, 0.25) is 0 Å². The van der Waals surface area contributed by atoms with Gasteiger partial charge < -0.3 is 19.7 Å². The summed E-state index contributed by atoms with van der Waals surface area (Å²) in [7, 11) is 0. The van der Waals surface area contributed by atoms with E-state index in [-0.39, 0.29) is 23.2 Å². The molecule has 3 rings (SSSR count). The molecule has 4 nitrogen and oxygen atoms in total. The van der Waals surface area contributed by atoms with Gasteiger partial charge in [0, 0.05) is 0 Å². The molecule has 0 aromatic heterocycles. The maximum absolute atomic E-state index is 10.4. The highest BCUT2D eigenvalue weighted by Crippen LogP contribution is 2.58. The number of hydrogen-bond donors (Lipinski definition) is 2. The first-order valence-electron chi connectivity index (χ1n) is 7.20. The Morgan fingerprint density at radius 2 is 2.05 bits per heavy atom. The summed E-state index contributed by atoms with van der Waals surface area (Å²) in [5.74, 6) is -0.112. The standard InChI is InChI=1S/C15H24O4/c1-9(2)4-5-11-14(3,19-11)13-12(17)10(16)6-7-15(13)8-18-15/h4,10-13,16-17H,5-8H2,1-3H3/t10-,11?,12+,13?,14-,15-/m0/s1. The lowest BCUT2D eigenvalue weighted by Crippen LogP contribution is -2.53. The summed E-state index contributed by atoms with van der Waals surface area (Å²) >= 11 is 0. The molecule has 0 radical (unpaired) electrons. The molecule has 1 saturated carbocycles. The maximum Gasteiger partial charge on any atom is 0.101 e. The number of hydrogen-bond acceptors (Lipinski definition) is 4. The van der Waals surface area contributed by atoms with Crippen molar-refractivity contribution in [2.75, 3.05) is 6.61 Å². The Balaban J connectivity index is 1.75. The average Bonchev–Trinajstić information content (AvgIpc) is 3.22. The summed E-state index contributed by atoms with van der Waals surface area (Å²) < 4.78 is 11.5. The molecule has 0 aromatic carbocycles. The normalized spacial score (nSPS) is 52.1. The second-order valence-corrected chi connectivity index (χ2v) is 6.74. The van der Waals surface area contributed by atoms with Crippen LogP contribution in [0.4, 0.5) is 0 Å². The smallest absolute Gasteiger partial charge is 0.101 e. The zero-order valence-electron chi connectivity index (χ0n) is 11.9. The molecule has 2 saturated heterocycles. The van der Waals surface area contributed by atoms with Crippen LogP contribution in [-0.2, 0) is 9.47 Å². The maximum atomic E-state index is 10.4. The molecular formula is C15H24O4. The minimum atomic E-state index is -0.738. The topological polar surface area (TPSA) is 65.5 Å². The van der Waals surface area contributed by atoms with E-state index in [2.05, 4.69) is 19.9 Å². The number of aliphatic hydroxyl groups is 2. The van der Waals surface area contributed by atoms with Crippen LogP contribution in [-0.4, -0.2) is 46.3 Å². The van der Waals surface area contributed by atoms with Crippen LogP contribution in [0.1, 0.15) is 40.0 Å². The van der Waals surface area contributed by atoms with Crippen molar-refractivity contribution in [3.05, 3.63) is 11.6 Å². The van der Waals surface area contributed by atoms with Gasteiger partial charge in [-0.25, -0.2) is 0 Å². The summed E-state index contributed by atoms with van der Waals surface area (Å²) in [6, 6.07) is 0. The Bertz CT molecular complexity index is 397. The molecule has 0 amide bonds. The van der Waals surface area contributed by atoms with Gasteiger partial charge in [-0.3, -0.25) is 0 Å². The van der Waals surface area contributed by atoms with Gasteiger partial charge in [-0.1, -0.05) is 11.6 Å². The monoisotopic (exact) mass is 268 g/mol. The third-order valence-electron chi connectivity index (χ3n) is 5.02. The van der Waals surface area contributed by atoms with E-state index >= 15 is 0 Å². The van der Waals surface area contributed by atoms with Gasteiger partial charge in [0.05, 0.1) is 36.4 Å². The van der Waals surface area contributed by atoms with Gasteiger partial charge >= 0.3 is 0 Å². The second kappa shape index (κ2) is 4.29. The fraction of sp³-hybridized carbons (Fsp3) is 0.867. The first-order chi connectivity index (χ1) is 8.89. The van der Waals surface area contributed by atoms with E-state index in [4.69, 9.17) is 9.47 Å². The van der Waals surface area contributed by atoms with Crippen LogP contribution in [0.3, 0.4) is 0 Å². The highest BCUT2D eigenvalue weighted by atomic mass is 16.6. The second-order valence-electron chi connectivity index (χ2n) is 6.74. The van der Waals surface area contributed by atoms with E-state index in [0.29, 0.717) is 13.0 Å². The molecule has 19 heavy (non-hydrogen) atoms. The van der Waals surface area contributed by atoms with Crippen molar-refractivity contribution >= 4 is 0 Å². The number of allylic oxidation sites excluding steroid dienone is 1. The Labute approximate surface area is 114 Å². The van der Waals surface area contributed by atoms with E-state index in [0.717, 1.165) is 12.8 Å². The molecule has 2 unspecified atom stereocenters. The zero-order chi connectivity index (χ0) is 13.8. The van der Waals surface area contributed by atoms with Crippen molar-refractivity contribution in [3.63, 3.8) is 0 Å². The fourth-order valence-electron chi connectivity index (χ4n) is 3.70. The van der Waals surface area contributed by atoms with E-state index in [9.17, 15) is 10.2 Å². The highest BCUT2D eigenvalue weighted by Gasteiger charge is 2.71. The molecule has 0 aromatic rings. The van der Waals surface area contributed by atoms with E-state index in [1.54, 1.807) is 0 Å². The molecule has 2 N–H and O–H groups in total. The zero-order valence-corrected chi connectivity index (χ0v) is 11.9. The number of ether oxygens (including phenoxy) is 2. The van der Waals surface area contributed by atoms with Crippen LogP contribution in [0.2, 0.25) is 0 Å². The lowest BCUT2D eigenvalue weighted by molar-refractivity contribution is -0.0976. The molecule has 2 aliphatic heterocycles. The van der Waals surface area contributed by atoms with Crippen LogP contribution >= 0.6 is 0 Å². The van der Waals surface area contributed by atoms with Crippen molar-refractivity contribution < 1.29 is 19.7 Å². The molecule has 1 spiro atoms. The average molecular weight is 268 g/mol. The summed E-state index contributed by atoms with van der Waals surface area (Å²) in [6.45, 7) is 6.89. The molecule has 2 heterocycles. The van der Waals surface area contributed by atoms with Crippen LogP contribution in [0.5, 0.6) is 0 Å². The van der Waals surface area contributed by atoms with Crippen molar-refractivity contribution in [2.45, 2.75) is 69.5 Å². The quantitative estimate of drug-likeness (QED) is 0.600. The molecular weight excluding hydrogens is 244 g/mol. The first kappa shape index (κ1) is 13.6. The lowest BCUT2D eigenvalue weighted by Gasteiger charge is -2.39. The summed E-state index contributed by atoms with van der Waals surface area (Å²) in [5.41, 5.74) is 0.676. The Morgan fingerprint density at radius 3 is 2.63 bits per heavy atom. The minimum Gasteiger partial charge on any atom is -0.390 e. The van der Waals surface area contributed by atoms with Crippen molar-refractivity contribution in [3.8, 4) is 0 Å². The SMILES string of the molecule is CC(C)=CCC1O[C@]1(C)C1[C@H](O)[C@@H](O)CC[C@]12CO2. The largest absolute Gasteiger partial charge is 0.390 e. The lowest BCUT2D eigenvalue weighted by atomic mass is 9.68. The fourth-order valence-corrected chi connectivity index (χ4v) is 3.70. The van der Waals surface area contributed by atoms with Crippen molar-refractivity contribution in [1.82, 2.24) is 0 Å². The van der Waals surface area contributed by atoms with Gasteiger partial charge in [0.1, 0.15) is 5.60 Å². The highest BCUT2D eigenvalue weighted by molar-refractivity contribution is 5.20. The third-order valence-corrected chi connectivity index (χ3v) is 5.02. The van der Waals surface area contributed by atoms with Crippen LogP contribution < -0.4 is 0 Å². The van der Waals surface area contributed by atoms with Crippen LogP contribution in [0.15, 0.2) is 11.6 Å². The number of epoxide rings is 2. The van der Waals surface area contributed by atoms with E-state index in [1.165, 1.54) is 5.57 Å². The summed E-state index contributed by atoms with van der Waals surface area (Å²) in [6.07, 6.45) is 3.23. The molecule has 3 aliphatic rings. The van der Waals surface area contributed by atoms with Crippen molar-refractivity contribution in [2.24, 2.45) is 5.92 Å². The molecule has 6 atom stereocenters. The predicted molar refractivity (Wildman–Crippen MR) is 70.7 cm³/mol. The molecule has 4 heteroatoms.